The number of hydrogen-bond donors (Lipinski definition) is 1. The number of benzene rings is 3. The number of amides is 1. The van der Waals surface area contributed by atoms with Crippen LogP contribution in [0.3, 0.4) is 0 Å². The molecule has 33 heavy (non-hydrogen) atoms. The van der Waals surface area contributed by atoms with Crippen molar-refractivity contribution in [2.75, 3.05) is 18.7 Å². The van der Waals surface area contributed by atoms with Crippen LogP contribution in [0.4, 0.5) is 10.1 Å². The molecule has 1 amide bonds. The van der Waals surface area contributed by atoms with Crippen LogP contribution >= 0.6 is 0 Å². The molecule has 1 N–H and O–H groups in total. The Morgan fingerprint density at radius 1 is 0.970 bits per heavy atom. The van der Waals surface area contributed by atoms with E-state index in [0.717, 1.165) is 0 Å². The van der Waals surface area contributed by atoms with Gasteiger partial charge in [0.25, 0.3) is 5.91 Å². The summed E-state index contributed by atoms with van der Waals surface area (Å²) in [4.78, 5) is 29.8. The van der Waals surface area contributed by atoms with Gasteiger partial charge >= 0.3 is 5.97 Å². The highest BCUT2D eigenvalue weighted by atomic mass is 19.1. The molecule has 0 saturated heterocycles. The second-order valence-electron chi connectivity index (χ2n) is 7.27. The van der Waals surface area contributed by atoms with E-state index in [1.165, 1.54) is 12.1 Å². The molecule has 0 unspecified atom stereocenters. The molecule has 0 radical (unpaired) electrons. The minimum Gasteiger partial charge on any atom is -0.454 e. The van der Waals surface area contributed by atoms with Crippen molar-refractivity contribution in [1.82, 2.24) is 4.98 Å². The molecule has 3 aromatic carbocycles. The molecular formula is C25H17FN2O5. The molecule has 5 rings (SSSR count). The Kier molecular flexibility index (Phi) is 5.32. The summed E-state index contributed by atoms with van der Waals surface area (Å²) in [5.74, 6) is -0.410. The molecule has 0 atom stereocenters. The first-order chi connectivity index (χ1) is 16.1. The standard InChI is InChI=1S/C25H17FN2O5/c26-16-7-5-15(6-8-16)21-12-19(18-3-1-2-4-20(18)28-21)25(30)31-13-24(29)27-17-9-10-22-23(11-17)33-14-32-22/h1-12H,13-14H2,(H,27,29). The third kappa shape index (κ3) is 4.31. The molecule has 4 aromatic rings. The summed E-state index contributed by atoms with van der Waals surface area (Å²) in [6.45, 7) is -0.347. The fraction of sp³-hybridized carbons (Fsp3) is 0.0800. The SMILES string of the molecule is O=C(COC(=O)c1cc(-c2ccc(F)cc2)nc2ccccc12)Nc1ccc2c(c1)OCO2. The van der Waals surface area contributed by atoms with Gasteiger partial charge in [0.05, 0.1) is 16.8 Å². The smallest absolute Gasteiger partial charge is 0.339 e. The van der Waals surface area contributed by atoms with Gasteiger partial charge in [0.15, 0.2) is 18.1 Å². The Labute approximate surface area is 187 Å². The van der Waals surface area contributed by atoms with Crippen molar-refractivity contribution in [3.05, 3.63) is 84.2 Å². The van der Waals surface area contributed by atoms with Crippen LogP contribution in [0.5, 0.6) is 11.5 Å². The average Bonchev–Trinajstić information content (AvgIpc) is 3.30. The number of ether oxygens (including phenoxy) is 3. The van der Waals surface area contributed by atoms with Crippen LogP contribution in [0.1, 0.15) is 10.4 Å². The normalized spacial score (nSPS) is 11.9. The van der Waals surface area contributed by atoms with Gasteiger partial charge in [0, 0.05) is 22.7 Å². The summed E-state index contributed by atoms with van der Waals surface area (Å²) in [6.07, 6.45) is 0. The lowest BCUT2D eigenvalue weighted by atomic mass is 10.0. The largest absolute Gasteiger partial charge is 0.454 e. The number of esters is 1. The molecule has 0 fully saturated rings. The number of pyridine rings is 1. The lowest BCUT2D eigenvalue weighted by molar-refractivity contribution is -0.119. The number of carbonyl (C=O) groups excluding carboxylic acids is 2. The van der Waals surface area contributed by atoms with Crippen LogP contribution in [0, 0.1) is 5.82 Å². The molecule has 164 valence electrons. The van der Waals surface area contributed by atoms with Gasteiger partial charge in [-0.2, -0.15) is 0 Å². The summed E-state index contributed by atoms with van der Waals surface area (Å²) in [5, 5.41) is 3.25. The summed E-state index contributed by atoms with van der Waals surface area (Å²) < 4.78 is 29.1. The van der Waals surface area contributed by atoms with Crippen molar-refractivity contribution in [2.45, 2.75) is 0 Å². The number of hydrogen-bond acceptors (Lipinski definition) is 6. The molecule has 0 aliphatic carbocycles. The van der Waals surface area contributed by atoms with Gasteiger partial charge in [-0.15, -0.1) is 0 Å². The predicted octanol–water partition coefficient (Wildman–Crippen LogP) is 4.57. The third-order valence-electron chi connectivity index (χ3n) is 5.07. The van der Waals surface area contributed by atoms with E-state index in [0.29, 0.717) is 39.3 Å². The fourth-order valence-electron chi connectivity index (χ4n) is 3.49. The van der Waals surface area contributed by atoms with Crippen LogP contribution in [0.15, 0.2) is 72.8 Å². The lowest BCUT2D eigenvalue weighted by Crippen LogP contribution is -2.21. The number of rotatable bonds is 5. The maximum Gasteiger partial charge on any atom is 0.339 e. The van der Waals surface area contributed by atoms with Crippen LogP contribution in [-0.2, 0) is 9.53 Å². The molecular weight excluding hydrogens is 427 g/mol. The number of anilines is 1. The Morgan fingerprint density at radius 3 is 2.61 bits per heavy atom. The second-order valence-corrected chi connectivity index (χ2v) is 7.27. The summed E-state index contributed by atoms with van der Waals surface area (Å²) in [6, 6.07) is 19.5. The monoisotopic (exact) mass is 444 g/mol. The van der Waals surface area contributed by atoms with Crippen LogP contribution in [0.2, 0.25) is 0 Å². The highest BCUT2D eigenvalue weighted by molar-refractivity contribution is 6.05. The molecule has 1 aliphatic rings. The first-order valence-electron chi connectivity index (χ1n) is 10.1. The second kappa shape index (κ2) is 8.58. The highest BCUT2D eigenvalue weighted by Crippen LogP contribution is 2.34. The van der Waals surface area contributed by atoms with Crippen molar-refractivity contribution in [3.8, 4) is 22.8 Å². The molecule has 0 spiro atoms. The van der Waals surface area contributed by atoms with E-state index < -0.39 is 18.5 Å². The summed E-state index contributed by atoms with van der Waals surface area (Å²) >= 11 is 0. The Bertz CT molecular complexity index is 1370. The molecule has 0 bridgehead atoms. The lowest BCUT2D eigenvalue weighted by Gasteiger charge is -2.11. The average molecular weight is 444 g/mol. The first kappa shape index (κ1) is 20.4. The van der Waals surface area contributed by atoms with Gasteiger partial charge in [-0.05, 0) is 48.5 Å². The quantitative estimate of drug-likeness (QED) is 0.454. The molecule has 7 nitrogen and oxygen atoms in total. The first-order valence-corrected chi connectivity index (χ1v) is 10.1. The summed E-state index contributed by atoms with van der Waals surface area (Å²) in [5.41, 5.74) is 2.47. The van der Waals surface area contributed by atoms with E-state index >= 15 is 0 Å². The van der Waals surface area contributed by atoms with E-state index in [9.17, 15) is 14.0 Å². The topological polar surface area (TPSA) is 86.8 Å². The van der Waals surface area contributed by atoms with E-state index in [-0.39, 0.29) is 18.2 Å². The van der Waals surface area contributed by atoms with Crippen molar-refractivity contribution in [3.63, 3.8) is 0 Å². The Morgan fingerprint density at radius 2 is 1.76 bits per heavy atom. The van der Waals surface area contributed by atoms with Gasteiger partial charge in [0.1, 0.15) is 5.82 Å². The zero-order chi connectivity index (χ0) is 22.8. The van der Waals surface area contributed by atoms with Gasteiger partial charge in [-0.1, -0.05) is 18.2 Å². The Balaban J connectivity index is 1.34. The predicted molar refractivity (Wildman–Crippen MR) is 119 cm³/mol. The molecule has 2 heterocycles. The molecule has 0 saturated carbocycles. The number of fused-ring (bicyclic) bond motifs is 2. The highest BCUT2D eigenvalue weighted by Gasteiger charge is 2.18. The van der Waals surface area contributed by atoms with Crippen molar-refractivity contribution in [1.29, 1.82) is 0 Å². The van der Waals surface area contributed by atoms with Crippen molar-refractivity contribution < 1.29 is 28.2 Å². The minimum absolute atomic E-state index is 0.129. The van der Waals surface area contributed by atoms with Crippen molar-refractivity contribution >= 4 is 28.5 Å². The number of para-hydroxylation sites is 1. The molecule has 1 aromatic heterocycles. The Hall–Kier alpha value is -4.46. The minimum atomic E-state index is -0.669. The maximum absolute atomic E-state index is 13.3. The van der Waals surface area contributed by atoms with Gasteiger partial charge in [0.2, 0.25) is 6.79 Å². The third-order valence-corrected chi connectivity index (χ3v) is 5.07. The number of carbonyl (C=O) groups is 2. The van der Waals surface area contributed by atoms with E-state index in [4.69, 9.17) is 14.2 Å². The van der Waals surface area contributed by atoms with Crippen LogP contribution in [-0.4, -0.2) is 30.3 Å². The van der Waals surface area contributed by atoms with Crippen LogP contribution in [0.25, 0.3) is 22.2 Å². The zero-order valence-corrected chi connectivity index (χ0v) is 17.2. The van der Waals surface area contributed by atoms with E-state index in [2.05, 4.69) is 10.3 Å². The fourth-order valence-corrected chi connectivity index (χ4v) is 3.49. The van der Waals surface area contributed by atoms with E-state index in [1.54, 1.807) is 60.7 Å². The number of nitrogens with zero attached hydrogens (tertiary/aromatic N) is 1. The van der Waals surface area contributed by atoms with Gasteiger partial charge in [-0.3, -0.25) is 4.79 Å². The molecule has 1 aliphatic heterocycles. The molecule has 8 heteroatoms. The van der Waals surface area contributed by atoms with Crippen LogP contribution < -0.4 is 14.8 Å². The maximum atomic E-state index is 13.3. The summed E-state index contributed by atoms with van der Waals surface area (Å²) in [7, 11) is 0. The van der Waals surface area contributed by atoms with Gasteiger partial charge in [-0.25, -0.2) is 14.2 Å². The zero-order valence-electron chi connectivity index (χ0n) is 17.2. The number of aromatic nitrogens is 1. The number of nitrogens with one attached hydrogen (secondary N) is 1. The number of halogens is 1. The van der Waals surface area contributed by atoms with Crippen molar-refractivity contribution in [2.24, 2.45) is 0 Å². The van der Waals surface area contributed by atoms with Gasteiger partial charge < -0.3 is 19.5 Å². The van der Waals surface area contributed by atoms with E-state index in [1.807, 2.05) is 0 Å².